The highest BCUT2D eigenvalue weighted by molar-refractivity contribution is 5.89. The van der Waals surface area contributed by atoms with E-state index in [1.807, 2.05) is 19.1 Å². The molecule has 1 saturated carbocycles. The van der Waals surface area contributed by atoms with Gasteiger partial charge in [-0.25, -0.2) is 4.79 Å². The topological polar surface area (TPSA) is 68.5 Å². The van der Waals surface area contributed by atoms with Crippen molar-refractivity contribution in [3.05, 3.63) is 39.2 Å². The Morgan fingerprint density at radius 2 is 1.90 bits per heavy atom. The van der Waals surface area contributed by atoms with E-state index in [0.717, 1.165) is 60.6 Å². The zero-order valence-corrected chi connectivity index (χ0v) is 17.7. The number of carbonyl (C=O) groups excluding carboxylic acids is 1. The van der Waals surface area contributed by atoms with Gasteiger partial charge < -0.3 is 14.5 Å². The fourth-order valence-corrected chi connectivity index (χ4v) is 4.96. The lowest BCUT2D eigenvalue weighted by molar-refractivity contribution is -0.124. The van der Waals surface area contributed by atoms with E-state index >= 15 is 0 Å². The van der Waals surface area contributed by atoms with Gasteiger partial charge in [-0.3, -0.25) is 4.79 Å². The van der Waals surface area contributed by atoms with Crippen LogP contribution in [0, 0.1) is 18.8 Å². The molecule has 3 atom stereocenters. The fraction of sp³-hybridized carbons (Fsp3) is 0.583. The van der Waals surface area contributed by atoms with Crippen molar-refractivity contribution in [2.24, 2.45) is 11.8 Å². The summed E-state index contributed by atoms with van der Waals surface area (Å²) in [4.78, 5) is 25.0. The zero-order chi connectivity index (χ0) is 20.5. The summed E-state index contributed by atoms with van der Waals surface area (Å²) < 4.78 is 11.6. The quantitative estimate of drug-likeness (QED) is 0.781. The minimum absolute atomic E-state index is 0.0238. The molecular weight excluding hydrogens is 366 g/mol. The summed E-state index contributed by atoms with van der Waals surface area (Å²) in [5.74, 6) is 1.66. The van der Waals surface area contributed by atoms with Gasteiger partial charge in [0.05, 0.1) is 5.39 Å². The van der Waals surface area contributed by atoms with Gasteiger partial charge in [-0.15, -0.1) is 0 Å². The molecule has 0 spiro atoms. The van der Waals surface area contributed by atoms with E-state index in [-0.39, 0.29) is 24.2 Å². The van der Waals surface area contributed by atoms with Crippen molar-refractivity contribution < 1.29 is 13.9 Å². The van der Waals surface area contributed by atoms with Gasteiger partial charge in [-0.1, -0.05) is 26.7 Å². The normalized spacial score (nSPS) is 24.2. The largest absolute Gasteiger partial charge is 0.483 e. The third-order valence-corrected chi connectivity index (χ3v) is 6.84. The lowest BCUT2D eigenvalue weighted by Gasteiger charge is -2.34. The molecule has 2 aromatic rings. The van der Waals surface area contributed by atoms with Gasteiger partial charge in [0.25, 0.3) is 5.91 Å². The molecule has 0 aliphatic heterocycles. The molecular formula is C24H31NO4. The van der Waals surface area contributed by atoms with Gasteiger partial charge in [-0.2, -0.15) is 0 Å². The molecule has 0 bridgehead atoms. The molecule has 2 aliphatic rings. The Morgan fingerprint density at radius 3 is 2.69 bits per heavy atom. The van der Waals surface area contributed by atoms with Gasteiger partial charge >= 0.3 is 5.63 Å². The van der Waals surface area contributed by atoms with E-state index in [1.165, 1.54) is 6.42 Å². The van der Waals surface area contributed by atoms with E-state index in [2.05, 4.69) is 19.2 Å². The van der Waals surface area contributed by atoms with Crippen LogP contribution in [0.3, 0.4) is 0 Å². The lowest BCUT2D eigenvalue weighted by Crippen LogP contribution is -2.45. The number of fused-ring (bicyclic) bond motifs is 3. The Balaban J connectivity index is 1.56. The molecule has 4 rings (SSSR count). The van der Waals surface area contributed by atoms with E-state index in [1.54, 1.807) is 0 Å². The van der Waals surface area contributed by atoms with E-state index in [9.17, 15) is 9.59 Å². The molecule has 0 saturated heterocycles. The Labute approximate surface area is 171 Å². The molecule has 0 unspecified atom stereocenters. The highest BCUT2D eigenvalue weighted by atomic mass is 16.5. The average Bonchev–Trinajstić information content (AvgIpc) is 2.69. The maximum atomic E-state index is 12.6. The molecule has 156 valence electrons. The van der Waals surface area contributed by atoms with Crippen LogP contribution >= 0.6 is 0 Å². The number of rotatable bonds is 4. The molecule has 5 nitrogen and oxygen atoms in total. The predicted molar refractivity (Wildman–Crippen MR) is 113 cm³/mol. The Bertz CT molecular complexity index is 977. The van der Waals surface area contributed by atoms with Crippen molar-refractivity contribution in [1.82, 2.24) is 5.32 Å². The number of benzene rings is 1. The Kier molecular flexibility index (Phi) is 5.66. The van der Waals surface area contributed by atoms with Crippen molar-refractivity contribution in [2.75, 3.05) is 6.61 Å². The highest BCUT2D eigenvalue weighted by Gasteiger charge is 2.28. The average molecular weight is 398 g/mol. The highest BCUT2D eigenvalue weighted by Crippen LogP contribution is 2.34. The first-order valence-corrected chi connectivity index (χ1v) is 11.0. The maximum Gasteiger partial charge on any atom is 0.339 e. The van der Waals surface area contributed by atoms with Crippen molar-refractivity contribution in [2.45, 2.75) is 71.8 Å². The van der Waals surface area contributed by atoms with Gasteiger partial charge in [0.1, 0.15) is 11.3 Å². The number of amides is 1. The van der Waals surface area contributed by atoms with Gasteiger partial charge in [-0.05, 0) is 74.1 Å². The number of carbonyl (C=O) groups is 1. The van der Waals surface area contributed by atoms with E-state index < -0.39 is 0 Å². The van der Waals surface area contributed by atoms with Crippen molar-refractivity contribution in [3.63, 3.8) is 0 Å². The number of ether oxygens (including phenoxy) is 1. The fourth-order valence-electron chi connectivity index (χ4n) is 4.96. The number of aryl methyl sites for hydroxylation is 2. The molecule has 1 heterocycles. The van der Waals surface area contributed by atoms with Gasteiger partial charge in [0.15, 0.2) is 6.61 Å². The second-order valence-corrected chi connectivity index (χ2v) is 8.92. The van der Waals surface area contributed by atoms with Crippen LogP contribution in [0.4, 0.5) is 0 Å². The smallest absolute Gasteiger partial charge is 0.339 e. The van der Waals surface area contributed by atoms with Crippen molar-refractivity contribution >= 4 is 16.9 Å². The standard InChI is InChI=1S/C24H31NO4/c1-14-11-20(28-13-22(26)25-19-10-6-7-15(2)16(19)3)23-17-8-4-5-9-18(17)24(27)29-21(23)12-14/h11-12,15-16,19H,4-10,13H2,1-3H3,(H,25,26)/t15-,16+,19+/m1/s1. The third kappa shape index (κ3) is 4.05. The van der Waals surface area contributed by atoms with Gasteiger partial charge in [0, 0.05) is 11.6 Å². The van der Waals surface area contributed by atoms with Crippen LogP contribution in [0.25, 0.3) is 11.0 Å². The molecule has 29 heavy (non-hydrogen) atoms. The molecule has 0 radical (unpaired) electrons. The van der Waals surface area contributed by atoms with Crippen LogP contribution in [0.2, 0.25) is 0 Å². The van der Waals surface area contributed by atoms with Crippen LogP contribution in [0.5, 0.6) is 5.75 Å². The maximum absolute atomic E-state index is 12.6. The molecule has 1 amide bonds. The van der Waals surface area contributed by atoms with E-state index in [0.29, 0.717) is 23.2 Å². The summed E-state index contributed by atoms with van der Waals surface area (Å²) in [7, 11) is 0. The zero-order valence-electron chi connectivity index (χ0n) is 17.7. The first kappa shape index (κ1) is 20.0. The lowest BCUT2D eigenvalue weighted by atomic mass is 9.78. The summed E-state index contributed by atoms with van der Waals surface area (Å²) in [5.41, 5.74) is 3.07. The molecule has 1 aromatic carbocycles. The van der Waals surface area contributed by atoms with Crippen LogP contribution in [0.15, 0.2) is 21.3 Å². The third-order valence-electron chi connectivity index (χ3n) is 6.84. The second-order valence-electron chi connectivity index (χ2n) is 8.92. The van der Waals surface area contributed by atoms with Crippen molar-refractivity contribution in [3.8, 4) is 5.75 Å². The first-order chi connectivity index (χ1) is 13.9. The summed E-state index contributed by atoms with van der Waals surface area (Å²) in [6.45, 7) is 6.40. The predicted octanol–water partition coefficient (Wildman–Crippen LogP) is 4.30. The number of hydrogen-bond acceptors (Lipinski definition) is 4. The molecule has 1 N–H and O–H groups in total. The summed E-state index contributed by atoms with van der Waals surface area (Å²) in [5, 5.41) is 4.02. The summed E-state index contributed by atoms with van der Waals surface area (Å²) >= 11 is 0. The van der Waals surface area contributed by atoms with E-state index in [4.69, 9.17) is 9.15 Å². The minimum atomic E-state index is -0.234. The Hall–Kier alpha value is -2.30. The Morgan fingerprint density at radius 1 is 1.14 bits per heavy atom. The summed E-state index contributed by atoms with van der Waals surface area (Å²) in [6.07, 6.45) is 7.08. The van der Waals surface area contributed by atoms with Gasteiger partial charge in [0.2, 0.25) is 0 Å². The molecule has 5 heteroatoms. The van der Waals surface area contributed by atoms with Crippen molar-refractivity contribution in [1.29, 1.82) is 0 Å². The molecule has 2 aliphatic carbocycles. The molecule has 1 aromatic heterocycles. The first-order valence-electron chi connectivity index (χ1n) is 11.0. The number of nitrogens with one attached hydrogen (secondary N) is 1. The minimum Gasteiger partial charge on any atom is -0.483 e. The van der Waals surface area contributed by atoms with Crippen LogP contribution in [-0.2, 0) is 17.6 Å². The summed E-state index contributed by atoms with van der Waals surface area (Å²) in [6, 6.07) is 4.04. The SMILES string of the molecule is Cc1cc(OCC(=O)N[C@H]2CCC[C@@H](C)[C@@H]2C)c2c3c(c(=O)oc2c1)CCCC3. The molecule has 1 fully saturated rings. The monoisotopic (exact) mass is 397 g/mol. The van der Waals surface area contributed by atoms with Crippen LogP contribution in [-0.4, -0.2) is 18.6 Å². The second kappa shape index (κ2) is 8.21. The van der Waals surface area contributed by atoms with Crippen LogP contribution < -0.4 is 15.7 Å². The number of hydrogen-bond donors (Lipinski definition) is 1. The van der Waals surface area contributed by atoms with Crippen LogP contribution in [0.1, 0.15) is 62.6 Å².